The van der Waals surface area contributed by atoms with Crippen molar-refractivity contribution in [3.8, 4) is 0 Å². The lowest BCUT2D eigenvalue weighted by Crippen LogP contribution is -2.19. The molecule has 0 spiro atoms. The van der Waals surface area contributed by atoms with Crippen molar-refractivity contribution in [2.75, 3.05) is 0 Å². The first kappa shape index (κ1) is 16.3. The Balaban J connectivity index is 1.66. The van der Waals surface area contributed by atoms with Gasteiger partial charge in [0.2, 0.25) is 0 Å². The van der Waals surface area contributed by atoms with Gasteiger partial charge in [0.15, 0.2) is 9.84 Å². The Morgan fingerprint density at radius 1 is 1.17 bits per heavy atom. The highest BCUT2D eigenvalue weighted by Crippen LogP contribution is 2.30. The van der Waals surface area contributed by atoms with E-state index >= 15 is 0 Å². The predicted molar refractivity (Wildman–Crippen MR) is 89.8 cm³/mol. The maximum atomic E-state index is 12.6. The van der Waals surface area contributed by atoms with Crippen LogP contribution in [-0.4, -0.2) is 13.7 Å². The van der Waals surface area contributed by atoms with Gasteiger partial charge in [-0.15, -0.1) is 0 Å². The Labute approximate surface area is 137 Å². The molecule has 0 saturated heterocycles. The van der Waals surface area contributed by atoms with E-state index in [0.717, 1.165) is 37.0 Å². The average molecular weight is 333 g/mol. The van der Waals surface area contributed by atoms with Gasteiger partial charge in [0.05, 0.1) is 23.0 Å². The van der Waals surface area contributed by atoms with E-state index in [4.69, 9.17) is 4.42 Å². The average Bonchev–Trinajstić information content (AvgIpc) is 3.26. The highest BCUT2D eigenvalue weighted by molar-refractivity contribution is 7.92. The minimum Gasteiger partial charge on any atom is -0.468 e. The maximum absolute atomic E-state index is 12.6. The van der Waals surface area contributed by atoms with Crippen LogP contribution < -0.4 is 5.32 Å². The Morgan fingerprint density at radius 2 is 1.87 bits per heavy atom. The normalized spacial score (nSPS) is 17.4. The Hall–Kier alpha value is -1.59. The highest BCUT2D eigenvalue weighted by Gasteiger charge is 2.30. The van der Waals surface area contributed by atoms with Gasteiger partial charge < -0.3 is 9.73 Å². The summed E-state index contributed by atoms with van der Waals surface area (Å²) in [7, 11) is -3.16. The fraction of sp³-hybridized carbons (Fsp3) is 0.444. The molecule has 1 aliphatic carbocycles. The highest BCUT2D eigenvalue weighted by atomic mass is 32.2. The minimum absolute atomic E-state index is 0.128. The molecule has 3 rings (SSSR count). The molecular formula is C18H23NO3S. The monoisotopic (exact) mass is 333 g/mol. The maximum Gasteiger partial charge on any atom is 0.181 e. The van der Waals surface area contributed by atoms with Gasteiger partial charge in [-0.25, -0.2) is 8.42 Å². The lowest BCUT2D eigenvalue weighted by atomic mass is 10.1. The topological polar surface area (TPSA) is 59.3 Å². The fourth-order valence-corrected chi connectivity index (χ4v) is 4.98. The molecule has 1 N–H and O–H groups in total. The molecule has 1 fully saturated rings. The van der Waals surface area contributed by atoms with Crippen LogP contribution in [-0.2, 0) is 16.4 Å². The molecule has 1 aliphatic rings. The number of benzene rings is 1. The third-order valence-corrected chi connectivity index (χ3v) is 6.89. The number of rotatable bonds is 6. The van der Waals surface area contributed by atoms with Crippen molar-refractivity contribution >= 4 is 9.84 Å². The van der Waals surface area contributed by atoms with Crippen LogP contribution in [0.4, 0.5) is 0 Å². The van der Waals surface area contributed by atoms with Crippen LogP contribution in [0.1, 0.15) is 50.0 Å². The number of furan rings is 1. The van der Waals surface area contributed by atoms with E-state index in [0.29, 0.717) is 11.4 Å². The van der Waals surface area contributed by atoms with E-state index in [2.05, 4.69) is 12.2 Å². The predicted octanol–water partition coefficient (Wildman–Crippen LogP) is 3.85. The van der Waals surface area contributed by atoms with Crippen molar-refractivity contribution in [1.82, 2.24) is 5.32 Å². The Bertz CT molecular complexity index is 714. The zero-order valence-corrected chi connectivity index (χ0v) is 14.2. The van der Waals surface area contributed by atoms with Gasteiger partial charge in [-0.1, -0.05) is 25.0 Å². The molecular weight excluding hydrogens is 310 g/mol. The summed E-state index contributed by atoms with van der Waals surface area (Å²) in [6.07, 6.45) is 5.30. The third kappa shape index (κ3) is 3.67. The molecule has 1 aromatic carbocycles. The zero-order chi connectivity index (χ0) is 16.3. The largest absolute Gasteiger partial charge is 0.468 e. The number of hydrogen-bond donors (Lipinski definition) is 1. The Morgan fingerprint density at radius 3 is 2.48 bits per heavy atom. The van der Waals surface area contributed by atoms with E-state index < -0.39 is 9.84 Å². The fourth-order valence-electron chi connectivity index (χ4n) is 3.12. The molecule has 2 aromatic rings. The summed E-state index contributed by atoms with van der Waals surface area (Å²) in [5, 5.41) is 3.18. The summed E-state index contributed by atoms with van der Waals surface area (Å²) in [6, 6.07) is 11.2. The van der Waals surface area contributed by atoms with E-state index in [9.17, 15) is 8.42 Å². The van der Waals surface area contributed by atoms with Crippen molar-refractivity contribution in [1.29, 1.82) is 0 Å². The van der Waals surface area contributed by atoms with E-state index in [1.54, 1.807) is 18.4 Å². The number of hydrogen-bond acceptors (Lipinski definition) is 4. The van der Waals surface area contributed by atoms with Crippen molar-refractivity contribution in [3.05, 3.63) is 54.0 Å². The quantitative estimate of drug-likeness (QED) is 0.872. The summed E-state index contributed by atoms with van der Waals surface area (Å²) < 4.78 is 30.4. The molecule has 23 heavy (non-hydrogen) atoms. The van der Waals surface area contributed by atoms with Crippen LogP contribution in [0.5, 0.6) is 0 Å². The first-order chi connectivity index (χ1) is 11.1. The molecule has 1 atom stereocenters. The van der Waals surface area contributed by atoms with Gasteiger partial charge in [-0.3, -0.25) is 0 Å². The van der Waals surface area contributed by atoms with E-state index in [-0.39, 0.29) is 11.3 Å². The minimum atomic E-state index is -3.16. The van der Waals surface area contributed by atoms with Crippen LogP contribution >= 0.6 is 0 Å². The molecule has 124 valence electrons. The van der Waals surface area contributed by atoms with Crippen molar-refractivity contribution in [3.63, 3.8) is 0 Å². The van der Waals surface area contributed by atoms with Crippen LogP contribution in [0.3, 0.4) is 0 Å². The summed E-state index contributed by atoms with van der Waals surface area (Å²) in [6.45, 7) is 2.71. The zero-order valence-electron chi connectivity index (χ0n) is 13.4. The van der Waals surface area contributed by atoms with Gasteiger partial charge >= 0.3 is 0 Å². The second-order valence-corrected chi connectivity index (χ2v) is 8.43. The molecule has 4 nitrogen and oxygen atoms in total. The van der Waals surface area contributed by atoms with Crippen LogP contribution in [0.15, 0.2) is 52.0 Å². The molecule has 0 amide bonds. The van der Waals surface area contributed by atoms with Crippen molar-refractivity contribution in [2.45, 2.75) is 55.3 Å². The molecule has 5 heteroatoms. The van der Waals surface area contributed by atoms with Gasteiger partial charge in [-0.2, -0.15) is 0 Å². The first-order valence-corrected chi connectivity index (χ1v) is 9.71. The molecule has 1 heterocycles. The summed E-state index contributed by atoms with van der Waals surface area (Å²) in [5.74, 6) is 0.886. The second kappa shape index (κ2) is 6.89. The third-order valence-electron chi connectivity index (χ3n) is 4.61. The van der Waals surface area contributed by atoms with Crippen LogP contribution in [0.25, 0.3) is 0 Å². The summed E-state index contributed by atoms with van der Waals surface area (Å²) in [5.41, 5.74) is 1.07. The molecule has 0 unspecified atom stereocenters. The van der Waals surface area contributed by atoms with Gasteiger partial charge in [-0.05, 0) is 49.6 Å². The lowest BCUT2D eigenvalue weighted by molar-refractivity contribution is 0.460. The number of sulfone groups is 1. The second-order valence-electron chi connectivity index (χ2n) is 6.20. The molecule has 1 aromatic heterocycles. The summed E-state index contributed by atoms with van der Waals surface area (Å²) >= 11 is 0. The smallest absolute Gasteiger partial charge is 0.181 e. The van der Waals surface area contributed by atoms with Gasteiger partial charge in [0.1, 0.15) is 5.76 Å². The van der Waals surface area contributed by atoms with Crippen LogP contribution in [0.2, 0.25) is 0 Å². The Kier molecular flexibility index (Phi) is 4.87. The standard InChI is InChI=1S/C18H23NO3S/c1-14(19-13-16-5-4-12-22-16)15-8-10-18(11-9-15)23(20,21)17-6-2-3-7-17/h4-5,8-12,14,17,19H,2-3,6-7,13H2,1H3/t14-/m1/s1. The lowest BCUT2D eigenvalue weighted by Gasteiger charge is -2.15. The molecule has 0 aliphatic heterocycles. The van der Waals surface area contributed by atoms with Crippen molar-refractivity contribution < 1.29 is 12.8 Å². The first-order valence-electron chi connectivity index (χ1n) is 8.17. The van der Waals surface area contributed by atoms with Gasteiger partial charge in [0, 0.05) is 6.04 Å². The van der Waals surface area contributed by atoms with E-state index in [1.807, 2.05) is 24.3 Å². The van der Waals surface area contributed by atoms with E-state index in [1.165, 1.54) is 0 Å². The van der Waals surface area contributed by atoms with Crippen LogP contribution in [0, 0.1) is 0 Å². The summed E-state index contributed by atoms with van der Waals surface area (Å²) in [4.78, 5) is 0.450. The molecule has 0 radical (unpaired) electrons. The van der Waals surface area contributed by atoms with Crippen molar-refractivity contribution in [2.24, 2.45) is 0 Å². The molecule has 1 saturated carbocycles. The van der Waals surface area contributed by atoms with Gasteiger partial charge in [0.25, 0.3) is 0 Å². The molecule has 0 bridgehead atoms. The SMILES string of the molecule is C[C@@H](NCc1ccco1)c1ccc(S(=O)(=O)C2CCCC2)cc1. The number of nitrogens with one attached hydrogen (secondary N) is 1.